The largest absolute Gasteiger partial charge is 0.497 e. The monoisotopic (exact) mass is 477 g/mol. The smallest absolute Gasteiger partial charge is 0.290 e. The highest BCUT2D eigenvalue weighted by Crippen LogP contribution is 2.25. The molecule has 8 nitrogen and oxygen atoms in total. The molecule has 1 fully saturated rings. The van der Waals surface area contributed by atoms with E-state index < -0.39 is 0 Å². The Hall–Kier alpha value is -3.65. The third-order valence-corrected chi connectivity index (χ3v) is 5.78. The van der Waals surface area contributed by atoms with E-state index in [9.17, 15) is 9.59 Å². The first kappa shape index (κ1) is 24.5. The third-order valence-electron chi connectivity index (χ3n) is 5.78. The highest BCUT2D eigenvalue weighted by Gasteiger charge is 2.32. The SMILES string of the molecule is COc1ccc(-c2ccc(C(=O)N3CC(=O)N(CC(C)C)CC(OCc4ccccn4)C3)o2)cc1. The standard InChI is InChI=1S/C27H31N3O5/c1-19(2)14-29-15-23(34-18-21-6-4-5-13-28-21)16-30(17-26(29)31)27(32)25-12-11-24(35-25)20-7-9-22(33-3)10-8-20/h4-13,19,23H,14-18H2,1-3H3. The van der Waals surface area contributed by atoms with Crippen LogP contribution < -0.4 is 4.74 Å². The number of nitrogens with zero attached hydrogens (tertiary/aromatic N) is 3. The topological polar surface area (TPSA) is 85.1 Å². The predicted octanol–water partition coefficient (Wildman–Crippen LogP) is 3.88. The van der Waals surface area contributed by atoms with Crippen LogP contribution in [0.4, 0.5) is 0 Å². The average Bonchev–Trinajstić information content (AvgIpc) is 3.30. The molecule has 0 spiro atoms. The van der Waals surface area contributed by atoms with Crippen molar-refractivity contribution in [1.29, 1.82) is 0 Å². The maximum Gasteiger partial charge on any atom is 0.290 e. The molecule has 1 unspecified atom stereocenters. The van der Waals surface area contributed by atoms with Crippen LogP contribution in [0, 0.1) is 5.92 Å². The summed E-state index contributed by atoms with van der Waals surface area (Å²) in [6.07, 6.45) is 1.37. The Morgan fingerprint density at radius 1 is 1.11 bits per heavy atom. The number of benzene rings is 1. The normalized spacial score (nSPS) is 16.5. The molecule has 1 saturated heterocycles. The van der Waals surface area contributed by atoms with Gasteiger partial charge in [-0.05, 0) is 54.4 Å². The van der Waals surface area contributed by atoms with E-state index in [1.807, 2.05) is 42.5 Å². The molecule has 3 aromatic rings. The molecule has 3 heterocycles. The fourth-order valence-electron chi connectivity index (χ4n) is 4.06. The second-order valence-corrected chi connectivity index (χ2v) is 9.02. The number of hydrogen-bond donors (Lipinski definition) is 0. The fraction of sp³-hybridized carbons (Fsp3) is 0.370. The Kier molecular flexibility index (Phi) is 7.82. The number of hydrogen-bond acceptors (Lipinski definition) is 6. The van der Waals surface area contributed by atoms with Gasteiger partial charge in [0.25, 0.3) is 5.91 Å². The zero-order valence-electron chi connectivity index (χ0n) is 20.3. The minimum atomic E-state index is -0.345. The van der Waals surface area contributed by atoms with Crippen molar-refractivity contribution in [1.82, 2.24) is 14.8 Å². The lowest BCUT2D eigenvalue weighted by molar-refractivity contribution is -0.132. The average molecular weight is 478 g/mol. The van der Waals surface area contributed by atoms with Crippen molar-refractivity contribution < 1.29 is 23.5 Å². The number of rotatable bonds is 8. The van der Waals surface area contributed by atoms with E-state index in [-0.39, 0.29) is 36.8 Å². The van der Waals surface area contributed by atoms with Gasteiger partial charge in [0.15, 0.2) is 5.76 Å². The van der Waals surface area contributed by atoms with Gasteiger partial charge in [0, 0.05) is 31.4 Å². The Morgan fingerprint density at radius 3 is 2.60 bits per heavy atom. The van der Waals surface area contributed by atoms with Gasteiger partial charge in [0.05, 0.1) is 25.5 Å². The first-order valence-electron chi connectivity index (χ1n) is 11.8. The summed E-state index contributed by atoms with van der Waals surface area (Å²) in [4.78, 5) is 34.0. The minimum Gasteiger partial charge on any atom is -0.497 e. The van der Waals surface area contributed by atoms with Gasteiger partial charge in [-0.15, -0.1) is 0 Å². The summed E-state index contributed by atoms with van der Waals surface area (Å²) in [5.74, 6) is 1.36. The van der Waals surface area contributed by atoms with E-state index in [2.05, 4.69) is 18.8 Å². The molecule has 0 bridgehead atoms. The first-order chi connectivity index (χ1) is 16.9. The maximum atomic E-state index is 13.4. The molecule has 8 heteroatoms. The molecule has 2 aromatic heterocycles. The zero-order valence-corrected chi connectivity index (χ0v) is 20.3. The van der Waals surface area contributed by atoms with Crippen molar-refractivity contribution in [2.75, 3.05) is 33.3 Å². The number of methoxy groups -OCH3 is 1. The molecule has 1 aliphatic heterocycles. The van der Waals surface area contributed by atoms with Crippen LogP contribution in [0.25, 0.3) is 11.3 Å². The second-order valence-electron chi connectivity index (χ2n) is 9.02. The summed E-state index contributed by atoms with van der Waals surface area (Å²) in [6, 6.07) is 16.4. The van der Waals surface area contributed by atoms with Gasteiger partial charge >= 0.3 is 0 Å². The minimum absolute atomic E-state index is 0.0203. The lowest BCUT2D eigenvalue weighted by Gasteiger charge is -2.25. The van der Waals surface area contributed by atoms with Gasteiger partial charge < -0.3 is 23.7 Å². The van der Waals surface area contributed by atoms with Gasteiger partial charge in [-0.25, -0.2) is 0 Å². The van der Waals surface area contributed by atoms with Crippen LogP contribution in [-0.2, 0) is 16.1 Å². The molecule has 0 N–H and O–H groups in total. The van der Waals surface area contributed by atoms with Crippen molar-refractivity contribution in [2.45, 2.75) is 26.6 Å². The van der Waals surface area contributed by atoms with E-state index in [1.54, 1.807) is 30.3 Å². The molecule has 1 atom stereocenters. The number of furan rings is 1. The lowest BCUT2D eigenvalue weighted by atomic mass is 10.2. The van der Waals surface area contributed by atoms with E-state index in [0.29, 0.717) is 31.4 Å². The molecule has 0 saturated carbocycles. The fourth-order valence-corrected chi connectivity index (χ4v) is 4.06. The number of carbonyl (C=O) groups is 2. The molecule has 1 aliphatic rings. The third kappa shape index (κ3) is 6.27. The van der Waals surface area contributed by atoms with Crippen molar-refractivity contribution in [3.63, 3.8) is 0 Å². The van der Waals surface area contributed by atoms with Gasteiger partial charge in [-0.3, -0.25) is 14.6 Å². The van der Waals surface area contributed by atoms with E-state index in [1.165, 1.54) is 4.90 Å². The summed E-state index contributed by atoms with van der Waals surface area (Å²) in [5, 5.41) is 0. The summed E-state index contributed by atoms with van der Waals surface area (Å²) in [7, 11) is 1.61. The van der Waals surface area contributed by atoms with Gasteiger partial charge in [-0.2, -0.15) is 0 Å². The quantitative estimate of drug-likeness (QED) is 0.490. The van der Waals surface area contributed by atoms with Crippen molar-refractivity contribution in [3.8, 4) is 17.1 Å². The van der Waals surface area contributed by atoms with Gasteiger partial charge in [-0.1, -0.05) is 19.9 Å². The molecular weight excluding hydrogens is 446 g/mol. The van der Waals surface area contributed by atoms with Crippen molar-refractivity contribution in [2.24, 2.45) is 5.92 Å². The highest BCUT2D eigenvalue weighted by atomic mass is 16.5. The zero-order chi connectivity index (χ0) is 24.8. The predicted molar refractivity (Wildman–Crippen MR) is 131 cm³/mol. The van der Waals surface area contributed by atoms with Crippen molar-refractivity contribution in [3.05, 3.63) is 72.2 Å². The van der Waals surface area contributed by atoms with Gasteiger partial charge in [0.1, 0.15) is 18.1 Å². The molecule has 35 heavy (non-hydrogen) atoms. The number of ether oxygens (including phenoxy) is 2. The Labute approximate surface area is 205 Å². The molecule has 0 radical (unpaired) electrons. The summed E-state index contributed by atoms with van der Waals surface area (Å²) >= 11 is 0. The van der Waals surface area contributed by atoms with Crippen LogP contribution in [0.1, 0.15) is 30.1 Å². The van der Waals surface area contributed by atoms with E-state index >= 15 is 0 Å². The number of aromatic nitrogens is 1. The van der Waals surface area contributed by atoms with Crippen LogP contribution in [0.3, 0.4) is 0 Å². The lowest BCUT2D eigenvalue weighted by Crippen LogP contribution is -2.40. The molecule has 4 rings (SSSR count). The molecule has 0 aliphatic carbocycles. The number of pyridine rings is 1. The first-order valence-corrected chi connectivity index (χ1v) is 11.8. The molecule has 1 aromatic carbocycles. The summed E-state index contributed by atoms with van der Waals surface area (Å²) < 4.78 is 17.2. The second kappa shape index (κ2) is 11.2. The van der Waals surface area contributed by atoms with E-state index in [0.717, 1.165) is 17.0 Å². The van der Waals surface area contributed by atoms with Crippen LogP contribution >= 0.6 is 0 Å². The Bertz CT molecular complexity index is 1130. The highest BCUT2D eigenvalue weighted by molar-refractivity contribution is 5.95. The Balaban J connectivity index is 1.50. The van der Waals surface area contributed by atoms with Crippen LogP contribution in [0.5, 0.6) is 5.75 Å². The molecule has 184 valence electrons. The van der Waals surface area contributed by atoms with Crippen LogP contribution in [0.2, 0.25) is 0 Å². The number of carbonyl (C=O) groups excluding carboxylic acids is 2. The molecular formula is C27H31N3O5. The van der Waals surface area contributed by atoms with Gasteiger partial charge in [0.2, 0.25) is 5.91 Å². The van der Waals surface area contributed by atoms with Crippen molar-refractivity contribution >= 4 is 11.8 Å². The summed E-state index contributed by atoms with van der Waals surface area (Å²) in [6.45, 7) is 5.72. The number of amides is 2. The maximum absolute atomic E-state index is 13.4. The van der Waals surface area contributed by atoms with Crippen LogP contribution in [-0.4, -0.2) is 66.0 Å². The molecule has 2 amide bonds. The Morgan fingerprint density at radius 2 is 1.91 bits per heavy atom. The van der Waals surface area contributed by atoms with E-state index in [4.69, 9.17) is 13.9 Å². The summed E-state index contributed by atoms with van der Waals surface area (Å²) in [5.41, 5.74) is 1.63. The van der Waals surface area contributed by atoms with Crippen LogP contribution in [0.15, 0.2) is 65.2 Å².